The van der Waals surface area contributed by atoms with Crippen molar-refractivity contribution in [3.8, 4) is 0 Å². The van der Waals surface area contributed by atoms with Crippen molar-refractivity contribution in [3.63, 3.8) is 0 Å². The molecule has 110 valence electrons. The Hall–Kier alpha value is -2.18. The highest BCUT2D eigenvalue weighted by Gasteiger charge is 2.24. The molecule has 1 rings (SSSR count). The van der Waals surface area contributed by atoms with Gasteiger partial charge in [0.1, 0.15) is 17.5 Å². The zero-order valence-electron chi connectivity index (χ0n) is 11.6. The molecule has 7 heteroatoms. The molecule has 1 aromatic rings. The van der Waals surface area contributed by atoms with Crippen LogP contribution in [0.4, 0.5) is 9.18 Å². The van der Waals surface area contributed by atoms with Crippen molar-refractivity contribution in [2.45, 2.75) is 32.4 Å². The Morgan fingerprint density at radius 2 is 2.15 bits per heavy atom. The van der Waals surface area contributed by atoms with Crippen LogP contribution in [0, 0.1) is 15.9 Å². The average molecular weight is 284 g/mol. The van der Waals surface area contributed by atoms with E-state index in [-0.39, 0.29) is 0 Å². The summed E-state index contributed by atoms with van der Waals surface area (Å²) in [6.07, 6.45) is -0.784. The second-order valence-electron chi connectivity index (χ2n) is 5.27. The molecule has 0 heterocycles. The molecule has 0 saturated heterocycles. The topological polar surface area (TPSA) is 81.5 Å². The Kier molecular flexibility index (Phi) is 5.01. The molecule has 6 nitrogen and oxygen atoms in total. The number of carbonyl (C=O) groups excluding carboxylic acids is 1. The summed E-state index contributed by atoms with van der Waals surface area (Å²) in [6, 6.07) is 4.35. The number of nitrogens with zero attached hydrogens (tertiary/aromatic N) is 1. The predicted octanol–water partition coefficient (Wildman–Crippen LogP) is 2.67. The number of halogens is 1. The highest BCUT2D eigenvalue weighted by atomic mass is 19.1. The fraction of sp³-hybridized carbons (Fsp3) is 0.462. The summed E-state index contributed by atoms with van der Waals surface area (Å²) < 4.78 is 18.2. The first-order chi connectivity index (χ1) is 9.17. The van der Waals surface area contributed by atoms with E-state index in [4.69, 9.17) is 4.74 Å². The molecule has 1 N–H and O–H groups in total. The van der Waals surface area contributed by atoms with Gasteiger partial charge in [0.05, 0.1) is 0 Å². The predicted molar refractivity (Wildman–Crippen MR) is 70.4 cm³/mol. The standard InChI is InChI=1S/C13H17FN2O4/c1-13(2,3)20-12(17)15-11(8-16(18)19)9-5-4-6-10(14)7-9/h4-7,11H,8H2,1-3H3,(H,15,17)/t11-/m0/s1. The first-order valence-corrected chi connectivity index (χ1v) is 6.04. The van der Waals surface area contributed by atoms with Crippen molar-refractivity contribution in [1.82, 2.24) is 5.32 Å². The largest absolute Gasteiger partial charge is 0.444 e. The molecule has 1 aromatic carbocycles. The minimum Gasteiger partial charge on any atom is -0.444 e. The lowest BCUT2D eigenvalue weighted by Gasteiger charge is -2.22. The van der Waals surface area contributed by atoms with Crippen LogP contribution < -0.4 is 5.32 Å². The molecule has 20 heavy (non-hydrogen) atoms. The lowest BCUT2D eigenvalue weighted by molar-refractivity contribution is -0.484. The molecule has 0 bridgehead atoms. The molecular formula is C13H17FN2O4. The molecule has 0 radical (unpaired) electrons. The number of ether oxygens (including phenoxy) is 1. The second kappa shape index (κ2) is 6.31. The molecular weight excluding hydrogens is 267 g/mol. The van der Waals surface area contributed by atoms with Crippen LogP contribution >= 0.6 is 0 Å². The lowest BCUT2D eigenvalue weighted by atomic mass is 10.1. The molecule has 0 aliphatic rings. The minimum absolute atomic E-state index is 0.313. The molecule has 1 amide bonds. The van der Waals surface area contributed by atoms with Crippen LogP contribution in [0.3, 0.4) is 0 Å². The number of benzene rings is 1. The zero-order valence-corrected chi connectivity index (χ0v) is 11.6. The number of hydrogen-bond acceptors (Lipinski definition) is 4. The number of nitro groups is 1. The molecule has 0 fully saturated rings. The third-order valence-electron chi connectivity index (χ3n) is 2.27. The van der Waals surface area contributed by atoms with Gasteiger partial charge in [0.15, 0.2) is 0 Å². The van der Waals surface area contributed by atoms with Gasteiger partial charge in [-0.15, -0.1) is 0 Å². The van der Waals surface area contributed by atoms with Crippen molar-refractivity contribution in [3.05, 3.63) is 45.8 Å². The first-order valence-electron chi connectivity index (χ1n) is 6.04. The number of rotatable bonds is 4. The molecule has 0 unspecified atom stereocenters. The first kappa shape index (κ1) is 15.9. The second-order valence-corrected chi connectivity index (χ2v) is 5.27. The number of amides is 1. The van der Waals surface area contributed by atoms with E-state index in [1.807, 2.05) is 0 Å². The Morgan fingerprint density at radius 1 is 1.50 bits per heavy atom. The smallest absolute Gasteiger partial charge is 0.408 e. The van der Waals surface area contributed by atoms with Crippen LogP contribution in [0.15, 0.2) is 24.3 Å². The van der Waals surface area contributed by atoms with Gasteiger partial charge < -0.3 is 10.1 Å². The molecule has 0 aliphatic carbocycles. The summed E-state index contributed by atoms with van der Waals surface area (Å²) in [5.74, 6) is -0.526. The molecule has 0 spiro atoms. The fourth-order valence-corrected chi connectivity index (χ4v) is 1.56. The summed E-state index contributed by atoms with van der Waals surface area (Å²) in [5.41, 5.74) is -0.405. The van der Waals surface area contributed by atoms with Gasteiger partial charge >= 0.3 is 6.09 Å². The van der Waals surface area contributed by atoms with Crippen molar-refractivity contribution in [2.75, 3.05) is 6.54 Å². The Morgan fingerprint density at radius 3 is 2.65 bits per heavy atom. The highest BCUT2D eigenvalue weighted by Crippen LogP contribution is 2.16. The number of alkyl carbamates (subject to hydrolysis) is 1. The molecule has 0 aromatic heterocycles. The van der Waals surface area contributed by atoms with Crippen molar-refractivity contribution >= 4 is 6.09 Å². The minimum atomic E-state index is -0.949. The maximum absolute atomic E-state index is 13.2. The summed E-state index contributed by atoms with van der Waals surface area (Å²) >= 11 is 0. The summed E-state index contributed by atoms with van der Waals surface area (Å²) in [6.45, 7) is 4.48. The maximum Gasteiger partial charge on any atom is 0.408 e. The van der Waals surface area contributed by atoms with E-state index < -0.39 is 35.0 Å². The van der Waals surface area contributed by atoms with Gasteiger partial charge in [0.2, 0.25) is 6.54 Å². The fourth-order valence-electron chi connectivity index (χ4n) is 1.56. The number of nitrogens with one attached hydrogen (secondary N) is 1. The van der Waals surface area contributed by atoms with Gasteiger partial charge in [-0.05, 0) is 38.5 Å². The number of carbonyl (C=O) groups is 1. The van der Waals surface area contributed by atoms with E-state index >= 15 is 0 Å². The SMILES string of the molecule is CC(C)(C)OC(=O)N[C@@H](C[N+](=O)[O-])c1cccc(F)c1. The van der Waals surface area contributed by atoms with E-state index in [1.54, 1.807) is 20.8 Å². The van der Waals surface area contributed by atoms with Gasteiger partial charge in [-0.25, -0.2) is 9.18 Å². The van der Waals surface area contributed by atoms with Crippen LogP contribution in [-0.4, -0.2) is 23.2 Å². The Balaban J connectivity index is 2.85. The van der Waals surface area contributed by atoms with E-state index in [9.17, 15) is 19.3 Å². The van der Waals surface area contributed by atoms with Crippen LogP contribution in [0.1, 0.15) is 32.4 Å². The quantitative estimate of drug-likeness (QED) is 0.680. The highest BCUT2D eigenvalue weighted by molar-refractivity contribution is 5.68. The average Bonchev–Trinajstić information content (AvgIpc) is 2.24. The third kappa shape index (κ3) is 5.64. The Bertz CT molecular complexity index is 499. The van der Waals surface area contributed by atoms with Gasteiger partial charge in [-0.2, -0.15) is 0 Å². The summed E-state index contributed by atoms with van der Waals surface area (Å²) in [7, 11) is 0. The van der Waals surface area contributed by atoms with Gasteiger partial charge in [-0.3, -0.25) is 10.1 Å². The lowest BCUT2D eigenvalue weighted by Crippen LogP contribution is -2.37. The molecule has 1 atom stereocenters. The van der Waals surface area contributed by atoms with Crippen LogP contribution in [0.5, 0.6) is 0 Å². The zero-order chi connectivity index (χ0) is 15.3. The molecule has 0 saturated carbocycles. The summed E-state index contributed by atoms with van der Waals surface area (Å²) in [5, 5.41) is 13.0. The number of hydrogen-bond donors (Lipinski definition) is 1. The van der Waals surface area contributed by atoms with Crippen molar-refractivity contribution < 1.29 is 18.8 Å². The monoisotopic (exact) mass is 284 g/mol. The van der Waals surface area contributed by atoms with Gasteiger partial charge in [0, 0.05) is 4.92 Å². The molecule has 0 aliphatic heterocycles. The Labute approximate surface area is 116 Å². The normalized spacial score (nSPS) is 12.6. The van der Waals surface area contributed by atoms with E-state index in [0.717, 1.165) is 6.07 Å². The van der Waals surface area contributed by atoms with Crippen LogP contribution in [0.2, 0.25) is 0 Å². The van der Waals surface area contributed by atoms with E-state index in [0.29, 0.717) is 5.56 Å². The van der Waals surface area contributed by atoms with Crippen LogP contribution in [0.25, 0.3) is 0 Å². The summed E-state index contributed by atoms with van der Waals surface area (Å²) in [4.78, 5) is 21.7. The maximum atomic E-state index is 13.2. The van der Waals surface area contributed by atoms with Crippen molar-refractivity contribution in [1.29, 1.82) is 0 Å². The van der Waals surface area contributed by atoms with Gasteiger partial charge in [0.25, 0.3) is 0 Å². The van der Waals surface area contributed by atoms with Crippen LogP contribution in [-0.2, 0) is 4.74 Å². The van der Waals surface area contributed by atoms with E-state index in [1.165, 1.54) is 18.2 Å². The third-order valence-corrected chi connectivity index (χ3v) is 2.27. The van der Waals surface area contributed by atoms with E-state index in [2.05, 4.69) is 5.32 Å². The van der Waals surface area contributed by atoms with Crippen molar-refractivity contribution in [2.24, 2.45) is 0 Å². The van der Waals surface area contributed by atoms with Gasteiger partial charge in [-0.1, -0.05) is 12.1 Å².